The van der Waals surface area contributed by atoms with Crippen molar-refractivity contribution in [1.29, 1.82) is 0 Å². The molecule has 0 atom stereocenters. The number of halogens is 1. The van der Waals surface area contributed by atoms with Crippen molar-refractivity contribution < 1.29 is 15.1 Å². The number of hydrogen-bond donors (Lipinski definition) is 3. The summed E-state index contributed by atoms with van der Waals surface area (Å²) in [5.74, 6) is -1.33. The van der Waals surface area contributed by atoms with E-state index in [1.54, 1.807) is 23.8 Å². The number of phenolic OH excluding ortho intramolecular Hbond substituents is 2. The minimum atomic E-state index is -0.764. The summed E-state index contributed by atoms with van der Waals surface area (Å²) < 4.78 is 0. The molecule has 10 heteroatoms. The molecular weight excluding hydrogens is 400 g/mol. The zero-order valence-electron chi connectivity index (χ0n) is 11.9. The van der Waals surface area contributed by atoms with E-state index in [0.29, 0.717) is 16.4 Å². The number of rotatable bonds is 4. The highest BCUT2D eigenvalue weighted by Crippen LogP contribution is 2.40. The molecule has 0 radical (unpaired) electrons. The number of hydrogen-bond acceptors (Lipinski definition) is 8. The summed E-state index contributed by atoms with van der Waals surface area (Å²) in [6.07, 6.45) is 3.29. The lowest BCUT2D eigenvalue weighted by Gasteiger charge is -2.03. The topological polar surface area (TPSA) is 121 Å². The first-order valence-electron chi connectivity index (χ1n) is 6.38. The molecule has 0 bridgehead atoms. The number of thiazole rings is 1. The van der Waals surface area contributed by atoms with Gasteiger partial charge in [-0.1, -0.05) is 0 Å². The predicted octanol–water partition coefficient (Wildman–Crippen LogP) is 3.85. The zero-order valence-corrected chi connectivity index (χ0v) is 14.4. The van der Waals surface area contributed by atoms with Crippen molar-refractivity contribution in [1.82, 2.24) is 9.97 Å². The monoisotopic (exact) mass is 410 g/mol. The summed E-state index contributed by atoms with van der Waals surface area (Å²) in [5, 5.41) is 35.4. The van der Waals surface area contributed by atoms with Gasteiger partial charge in [-0.05, 0) is 18.2 Å². The maximum atomic E-state index is 10.9. The number of aromatic hydroxyl groups is 2. The minimum Gasteiger partial charge on any atom is -0.504 e. The number of benzene rings is 1. The van der Waals surface area contributed by atoms with E-state index in [2.05, 4.69) is 15.3 Å². The third kappa shape index (κ3) is 3.60. The van der Waals surface area contributed by atoms with E-state index < -0.39 is 22.1 Å². The number of phenols is 2. The summed E-state index contributed by atoms with van der Waals surface area (Å²) in [4.78, 5) is 18.4. The van der Waals surface area contributed by atoms with E-state index >= 15 is 0 Å². The first kappa shape index (κ1) is 17.6. The van der Waals surface area contributed by atoms with Gasteiger partial charge in [-0.15, -0.1) is 28.3 Å². The zero-order chi connectivity index (χ0) is 16.4. The molecule has 124 valence electrons. The van der Waals surface area contributed by atoms with Gasteiger partial charge in [-0.25, -0.2) is 4.98 Å². The number of pyridine rings is 1. The Bertz CT molecular complexity index is 872. The van der Waals surface area contributed by atoms with Gasteiger partial charge >= 0.3 is 5.69 Å². The molecule has 3 rings (SSSR count). The SMILES string of the molecule is Br.O=[N+]([O-])c1cc(-c2csc(Nc3cccnc3)n2)cc(O)c1O. The molecule has 0 aliphatic heterocycles. The Morgan fingerprint density at radius 3 is 2.75 bits per heavy atom. The fourth-order valence-corrected chi connectivity index (χ4v) is 2.66. The van der Waals surface area contributed by atoms with Gasteiger partial charge in [0.2, 0.25) is 5.75 Å². The van der Waals surface area contributed by atoms with E-state index in [0.717, 1.165) is 11.8 Å². The molecule has 3 aromatic rings. The van der Waals surface area contributed by atoms with Crippen molar-refractivity contribution in [2.24, 2.45) is 0 Å². The molecule has 0 aliphatic carbocycles. The summed E-state index contributed by atoms with van der Waals surface area (Å²) in [6.45, 7) is 0. The van der Waals surface area contributed by atoms with Crippen molar-refractivity contribution >= 4 is 44.8 Å². The van der Waals surface area contributed by atoms with Gasteiger partial charge in [0.1, 0.15) is 0 Å². The van der Waals surface area contributed by atoms with E-state index in [-0.39, 0.29) is 17.0 Å². The highest BCUT2D eigenvalue weighted by Gasteiger charge is 2.20. The number of nitrogens with zero attached hydrogens (tertiary/aromatic N) is 3. The number of aromatic nitrogens is 2. The Morgan fingerprint density at radius 1 is 1.29 bits per heavy atom. The molecule has 0 unspecified atom stereocenters. The minimum absolute atomic E-state index is 0. The largest absolute Gasteiger partial charge is 0.504 e. The van der Waals surface area contributed by atoms with Crippen LogP contribution in [0.3, 0.4) is 0 Å². The number of anilines is 2. The molecular formula is C14H11BrN4O4S. The Balaban J connectivity index is 0.00000208. The van der Waals surface area contributed by atoms with Crippen LogP contribution >= 0.6 is 28.3 Å². The second-order valence-electron chi connectivity index (χ2n) is 4.52. The van der Waals surface area contributed by atoms with Gasteiger partial charge in [-0.2, -0.15) is 0 Å². The third-order valence-electron chi connectivity index (χ3n) is 2.98. The van der Waals surface area contributed by atoms with Crippen LogP contribution in [-0.2, 0) is 0 Å². The summed E-state index contributed by atoms with van der Waals surface area (Å²) in [7, 11) is 0. The van der Waals surface area contributed by atoms with Gasteiger partial charge < -0.3 is 15.5 Å². The average Bonchev–Trinajstić information content (AvgIpc) is 2.99. The molecule has 0 spiro atoms. The first-order chi connectivity index (χ1) is 11.0. The lowest BCUT2D eigenvalue weighted by molar-refractivity contribution is -0.385. The smallest absolute Gasteiger partial charge is 0.315 e. The Hall–Kier alpha value is -2.72. The van der Waals surface area contributed by atoms with E-state index in [4.69, 9.17) is 0 Å². The van der Waals surface area contributed by atoms with Gasteiger partial charge in [0.25, 0.3) is 0 Å². The number of nitro benzene ring substituents is 1. The second kappa shape index (κ2) is 7.23. The molecule has 24 heavy (non-hydrogen) atoms. The van der Waals surface area contributed by atoms with Crippen LogP contribution in [0.4, 0.5) is 16.5 Å². The Labute approximate surface area is 150 Å². The molecule has 8 nitrogen and oxygen atoms in total. The van der Waals surface area contributed by atoms with Crippen LogP contribution in [0.15, 0.2) is 42.0 Å². The lowest BCUT2D eigenvalue weighted by atomic mass is 10.1. The van der Waals surface area contributed by atoms with Crippen LogP contribution in [0, 0.1) is 10.1 Å². The highest BCUT2D eigenvalue weighted by atomic mass is 79.9. The predicted molar refractivity (Wildman–Crippen MR) is 95.4 cm³/mol. The fourth-order valence-electron chi connectivity index (χ4n) is 1.92. The lowest BCUT2D eigenvalue weighted by Crippen LogP contribution is -1.91. The van der Waals surface area contributed by atoms with Crippen molar-refractivity contribution in [2.45, 2.75) is 0 Å². The molecule has 0 fully saturated rings. The quantitative estimate of drug-likeness (QED) is 0.339. The molecule has 2 aromatic heterocycles. The number of nitro groups is 1. The van der Waals surface area contributed by atoms with Crippen molar-refractivity contribution in [3.63, 3.8) is 0 Å². The van der Waals surface area contributed by atoms with Crippen molar-refractivity contribution in [2.75, 3.05) is 5.32 Å². The van der Waals surface area contributed by atoms with Gasteiger partial charge in [0, 0.05) is 23.2 Å². The molecule has 3 N–H and O–H groups in total. The molecule has 0 saturated carbocycles. The normalized spacial score (nSPS) is 10.0. The molecule has 2 heterocycles. The molecule has 0 saturated heterocycles. The summed E-state index contributed by atoms with van der Waals surface area (Å²) >= 11 is 1.30. The van der Waals surface area contributed by atoms with E-state index in [9.17, 15) is 20.3 Å². The summed E-state index contributed by atoms with van der Waals surface area (Å²) in [6, 6.07) is 5.99. The van der Waals surface area contributed by atoms with Gasteiger partial charge in [0.05, 0.1) is 22.5 Å². The van der Waals surface area contributed by atoms with Crippen LogP contribution < -0.4 is 5.32 Å². The Morgan fingerprint density at radius 2 is 2.08 bits per heavy atom. The van der Waals surface area contributed by atoms with E-state index in [1.165, 1.54) is 17.4 Å². The second-order valence-corrected chi connectivity index (χ2v) is 5.38. The van der Waals surface area contributed by atoms with Gasteiger partial charge in [0.15, 0.2) is 10.9 Å². The van der Waals surface area contributed by atoms with E-state index in [1.807, 2.05) is 6.07 Å². The van der Waals surface area contributed by atoms with Crippen LogP contribution in [-0.4, -0.2) is 25.1 Å². The third-order valence-corrected chi connectivity index (χ3v) is 3.74. The van der Waals surface area contributed by atoms with Gasteiger partial charge in [-0.3, -0.25) is 15.1 Å². The first-order valence-corrected chi connectivity index (χ1v) is 7.26. The van der Waals surface area contributed by atoms with Crippen LogP contribution in [0.1, 0.15) is 0 Å². The van der Waals surface area contributed by atoms with Crippen molar-refractivity contribution in [3.05, 3.63) is 52.2 Å². The Kier molecular flexibility index (Phi) is 5.31. The summed E-state index contributed by atoms with van der Waals surface area (Å²) in [5.41, 5.74) is 0.963. The highest BCUT2D eigenvalue weighted by molar-refractivity contribution is 8.93. The maximum absolute atomic E-state index is 10.9. The molecule has 0 amide bonds. The molecule has 1 aromatic carbocycles. The number of nitrogens with one attached hydrogen (secondary N) is 1. The van der Waals surface area contributed by atoms with Crippen molar-refractivity contribution in [3.8, 4) is 22.8 Å². The molecule has 0 aliphatic rings. The van der Waals surface area contributed by atoms with Crippen LogP contribution in [0.2, 0.25) is 0 Å². The maximum Gasteiger partial charge on any atom is 0.315 e. The fraction of sp³-hybridized carbons (Fsp3) is 0. The van der Waals surface area contributed by atoms with Crippen LogP contribution in [0.25, 0.3) is 11.3 Å². The van der Waals surface area contributed by atoms with Crippen LogP contribution in [0.5, 0.6) is 11.5 Å². The average molecular weight is 411 g/mol. The standard InChI is InChI=1S/C14H10N4O4S.BrH/c19-12-5-8(4-11(13(12)20)18(21)22)10-7-23-14(17-10)16-9-2-1-3-15-6-9;/h1-7,19-20H,(H,16,17);1H.